The Kier molecular flexibility index (Phi) is 5.93. The lowest BCUT2D eigenvalue weighted by atomic mass is 10.2. The lowest BCUT2D eigenvalue weighted by Gasteiger charge is -2.20. The van der Waals surface area contributed by atoms with Gasteiger partial charge >= 0.3 is 5.97 Å². The molecule has 0 radical (unpaired) electrons. The van der Waals surface area contributed by atoms with Crippen molar-refractivity contribution in [3.05, 3.63) is 23.4 Å². The minimum atomic E-state index is -0.717. The third-order valence-electron chi connectivity index (χ3n) is 3.69. The summed E-state index contributed by atoms with van der Waals surface area (Å²) in [6.07, 6.45) is 3.22. The molecule has 1 unspecified atom stereocenters. The molecule has 3 rings (SSSR count). The van der Waals surface area contributed by atoms with E-state index in [9.17, 15) is 4.79 Å². The van der Waals surface area contributed by atoms with E-state index >= 15 is 0 Å². The first-order valence-corrected chi connectivity index (χ1v) is 7.95. The molecule has 0 spiro atoms. The van der Waals surface area contributed by atoms with E-state index in [-0.39, 0.29) is 18.4 Å². The Balaban J connectivity index is 0.00000176. The average Bonchev–Trinajstić information content (AvgIpc) is 3.20. The van der Waals surface area contributed by atoms with Gasteiger partial charge in [0.1, 0.15) is 6.04 Å². The fourth-order valence-corrected chi connectivity index (χ4v) is 3.32. The standard InChI is InChI=1S/C14H17N3O3S.ClH/c18-14(19)10-4-1-7-17(10)8-2-6-12-15-13(16-20-12)11-5-3-9-21-11;/h3,5,9-10H,1-2,4,6-8H2,(H,18,19);1H. The second kappa shape index (κ2) is 7.71. The summed E-state index contributed by atoms with van der Waals surface area (Å²) < 4.78 is 5.24. The van der Waals surface area contributed by atoms with Crippen molar-refractivity contribution in [1.29, 1.82) is 0 Å². The first kappa shape index (κ1) is 16.9. The number of rotatable bonds is 6. The number of carboxylic acids is 1. The van der Waals surface area contributed by atoms with E-state index in [4.69, 9.17) is 9.63 Å². The van der Waals surface area contributed by atoms with Crippen LogP contribution in [-0.4, -0.2) is 45.2 Å². The largest absolute Gasteiger partial charge is 0.480 e. The molecule has 0 amide bonds. The Bertz CT molecular complexity index is 602. The summed E-state index contributed by atoms with van der Waals surface area (Å²) in [6, 6.07) is 3.59. The number of hydrogen-bond donors (Lipinski definition) is 1. The van der Waals surface area contributed by atoms with Crippen LogP contribution in [0.5, 0.6) is 0 Å². The summed E-state index contributed by atoms with van der Waals surface area (Å²) in [4.78, 5) is 18.5. The zero-order valence-electron chi connectivity index (χ0n) is 12.0. The quantitative estimate of drug-likeness (QED) is 0.868. The molecule has 1 atom stereocenters. The van der Waals surface area contributed by atoms with E-state index in [0.717, 1.165) is 37.2 Å². The number of thiophene rings is 1. The Labute approximate surface area is 138 Å². The molecule has 1 fully saturated rings. The van der Waals surface area contributed by atoms with E-state index in [1.54, 1.807) is 11.3 Å². The van der Waals surface area contributed by atoms with Crippen LogP contribution in [0.4, 0.5) is 0 Å². The molecule has 0 aromatic carbocycles. The Morgan fingerprint density at radius 1 is 1.55 bits per heavy atom. The van der Waals surface area contributed by atoms with Crippen LogP contribution < -0.4 is 0 Å². The maximum absolute atomic E-state index is 11.1. The molecule has 6 nitrogen and oxygen atoms in total. The number of aromatic nitrogens is 2. The molecule has 1 saturated heterocycles. The van der Waals surface area contributed by atoms with Crippen LogP contribution in [0.25, 0.3) is 10.7 Å². The minimum absolute atomic E-state index is 0. The van der Waals surface area contributed by atoms with Crippen molar-refractivity contribution < 1.29 is 14.4 Å². The third-order valence-corrected chi connectivity index (χ3v) is 4.56. The highest BCUT2D eigenvalue weighted by atomic mass is 35.5. The van der Waals surface area contributed by atoms with Gasteiger partial charge in [-0.2, -0.15) is 4.98 Å². The van der Waals surface area contributed by atoms with Gasteiger partial charge in [0, 0.05) is 6.42 Å². The Morgan fingerprint density at radius 2 is 2.41 bits per heavy atom. The van der Waals surface area contributed by atoms with Gasteiger partial charge < -0.3 is 9.63 Å². The molecule has 22 heavy (non-hydrogen) atoms. The maximum atomic E-state index is 11.1. The van der Waals surface area contributed by atoms with Gasteiger partial charge in [-0.3, -0.25) is 9.69 Å². The lowest BCUT2D eigenvalue weighted by molar-refractivity contribution is -0.142. The molecule has 1 aliphatic heterocycles. The summed E-state index contributed by atoms with van der Waals surface area (Å²) in [5, 5.41) is 15.1. The molecule has 3 heterocycles. The first-order chi connectivity index (χ1) is 10.2. The van der Waals surface area contributed by atoms with Crippen LogP contribution in [0.1, 0.15) is 25.2 Å². The van der Waals surface area contributed by atoms with Crippen molar-refractivity contribution in [2.45, 2.75) is 31.7 Å². The van der Waals surface area contributed by atoms with Gasteiger partial charge in [-0.15, -0.1) is 23.7 Å². The summed E-state index contributed by atoms with van der Waals surface area (Å²) in [5.41, 5.74) is 0. The van der Waals surface area contributed by atoms with E-state index in [1.807, 2.05) is 22.4 Å². The van der Waals surface area contributed by atoms with Crippen LogP contribution in [0, 0.1) is 0 Å². The second-order valence-corrected chi connectivity index (χ2v) is 6.07. The number of carbonyl (C=O) groups is 1. The number of carboxylic acid groups (broad SMARTS) is 1. The Morgan fingerprint density at radius 3 is 3.14 bits per heavy atom. The van der Waals surface area contributed by atoms with Crippen LogP contribution in [0.3, 0.4) is 0 Å². The summed E-state index contributed by atoms with van der Waals surface area (Å²) >= 11 is 1.58. The fourth-order valence-electron chi connectivity index (χ4n) is 2.67. The van der Waals surface area contributed by atoms with E-state index < -0.39 is 5.97 Å². The highest BCUT2D eigenvalue weighted by Crippen LogP contribution is 2.22. The number of hydrogen-bond acceptors (Lipinski definition) is 6. The zero-order chi connectivity index (χ0) is 14.7. The lowest BCUT2D eigenvalue weighted by Crippen LogP contribution is -2.36. The van der Waals surface area contributed by atoms with Crippen molar-refractivity contribution in [1.82, 2.24) is 15.0 Å². The van der Waals surface area contributed by atoms with Crippen LogP contribution in [-0.2, 0) is 11.2 Å². The predicted molar refractivity (Wildman–Crippen MR) is 85.4 cm³/mol. The number of aliphatic carboxylic acids is 1. The van der Waals surface area contributed by atoms with Gasteiger partial charge in [-0.25, -0.2) is 0 Å². The predicted octanol–water partition coefficient (Wildman–Crippen LogP) is 2.70. The molecule has 8 heteroatoms. The third kappa shape index (κ3) is 3.85. The minimum Gasteiger partial charge on any atom is -0.480 e. The van der Waals surface area contributed by atoms with Crippen LogP contribution in [0.2, 0.25) is 0 Å². The van der Waals surface area contributed by atoms with Gasteiger partial charge in [0.25, 0.3) is 0 Å². The van der Waals surface area contributed by atoms with Crippen molar-refractivity contribution in [3.8, 4) is 10.7 Å². The van der Waals surface area contributed by atoms with Gasteiger partial charge in [0.2, 0.25) is 11.7 Å². The molecule has 120 valence electrons. The highest BCUT2D eigenvalue weighted by molar-refractivity contribution is 7.13. The SMILES string of the molecule is Cl.O=C(O)C1CCCN1CCCc1nc(-c2cccs2)no1. The topological polar surface area (TPSA) is 79.5 Å². The maximum Gasteiger partial charge on any atom is 0.320 e. The fraction of sp³-hybridized carbons (Fsp3) is 0.500. The van der Waals surface area contributed by atoms with Crippen LogP contribution >= 0.6 is 23.7 Å². The van der Waals surface area contributed by atoms with Crippen molar-refractivity contribution in [2.75, 3.05) is 13.1 Å². The average molecular weight is 344 g/mol. The summed E-state index contributed by atoms with van der Waals surface area (Å²) in [5.74, 6) is 0.527. The second-order valence-electron chi connectivity index (χ2n) is 5.12. The summed E-state index contributed by atoms with van der Waals surface area (Å²) in [6.45, 7) is 1.62. The molecule has 1 aliphatic rings. The molecular weight excluding hydrogens is 326 g/mol. The Hall–Kier alpha value is -1.44. The molecule has 0 bridgehead atoms. The number of likely N-dealkylation sites (tertiary alicyclic amines) is 1. The van der Waals surface area contributed by atoms with Gasteiger partial charge in [0.15, 0.2) is 0 Å². The monoisotopic (exact) mass is 343 g/mol. The van der Waals surface area contributed by atoms with Crippen LogP contribution in [0.15, 0.2) is 22.0 Å². The van der Waals surface area contributed by atoms with Crippen molar-refractivity contribution in [3.63, 3.8) is 0 Å². The number of aryl methyl sites for hydroxylation is 1. The van der Waals surface area contributed by atoms with E-state index in [1.165, 1.54) is 0 Å². The number of nitrogens with zero attached hydrogens (tertiary/aromatic N) is 3. The van der Waals surface area contributed by atoms with Crippen molar-refractivity contribution >= 4 is 29.7 Å². The van der Waals surface area contributed by atoms with Crippen molar-refractivity contribution in [2.24, 2.45) is 0 Å². The van der Waals surface area contributed by atoms with Gasteiger partial charge in [-0.1, -0.05) is 11.2 Å². The molecule has 2 aromatic rings. The smallest absolute Gasteiger partial charge is 0.320 e. The first-order valence-electron chi connectivity index (χ1n) is 7.07. The van der Waals surface area contributed by atoms with Gasteiger partial charge in [-0.05, 0) is 43.8 Å². The highest BCUT2D eigenvalue weighted by Gasteiger charge is 2.29. The number of halogens is 1. The normalized spacial score (nSPS) is 18.3. The molecule has 2 aromatic heterocycles. The molecular formula is C14H18ClN3O3S. The molecule has 0 saturated carbocycles. The van der Waals surface area contributed by atoms with Gasteiger partial charge in [0.05, 0.1) is 4.88 Å². The molecule has 1 N–H and O–H groups in total. The van der Waals surface area contributed by atoms with E-state index in [2.05, 4.69) is 10.1 Å². The zero-order valence-corrected chi connectivity index (χ0v) is 13.6. The van der Waals surface area contributed by atoms with E-state index in [0.29, 0.717) is 18.1 Å². The summed E-state index contributed by atoms with van der Waals surface area (Å²) in [7, 11) is 0. The molecule has 0 aliphatic carbocycles.